The van der Waals surface area contributed by atoms with Crippen LogP contribution in [0.2, 0.25) is 0 Å². The van der Waals surface area contributed by atoms with Crippen LogP contribution in [0, 0.1) is 18.8 Å². The number of nitrogens with one attached hydrogen (secondary N) is 1. The van der Waals surface area contributed by atoms with Gasteiger partial charge in [0.15, 0.2) is 0 Å². The molecule has 3 rings (SSSR count). The normalized spacial score (nSPS) is 23.3. The molecule has 1 unspecified atom stereocenters. The topological polar surface area (TPSA) is 78.9 Å². The highest BCUT2D eigenvalue weighted by Gasteiger charge is 2.30. The molecule has 1 saturated heterocycles. The quantitative estimate of drug-likeness (QED) is 0.823. The number of rotatable bonds is 4. The maximum atomic E-state index is 12.5. The summed E-state index contributed by atoms with van der Waals surface area (Å²) in [6.07, 6.45) is 5.42. The Bertz CT molecular complexity index is 698. The van der Waals surface area contributed by atoms with E-state index in [9.17, 15) is 14.7 Å². The van der Waals surface area contributed by atoms with Gasteiger partial charge in [-0.25, -0.2) is 4.79 Å². The maximum absolute atomic E-state index is 12.5. The molecule has 1 aliphatic heterocycles. The number of likely N-dealkylation sites (tertiary alicyclic amines) is 1. The molecule has 2 amide bonds. The third-order valence-electron chi connectivity index (χ3n) is 6.01. The molecule has 2 fully saturated rings. The lowest BCUT2D eigenvalue weighted by Gasteiger charge is -2.33. The van der Waals surface area contributed by atoms with Crippen LogP contribution in [0.4, 0.5) is 4.79 Å². The van der Waals surface area contributed by atoms with Gasteiger partial charge in [-0.3, -0.25) is 4.79 Å². The van der Waals surface area contributed by atoms with Gasteiger partial charge in [0.2, 0.25) is 5.91 Å². The Hall–Kier alpha value is -2.24. The van der Waals surface area contributed by atoms with Crippen molar-refractivity contribution >= 4 is 12.0 Å². The molecule has 2 N–H and O–H groups in total. The van der Waals surface area contributed by atoms with Crippen LogP contribution in [0.25, 0.3) is 0 Å². The van der Waals surface area contributed by atoms with Gasteiger partial charge in [-0.15, -0.1) is 0 Å². The van der Waals surface area contributed by atoms with Crippen molar-refractivity contribution in [3.63, 3.8) is 0 Å². The number of hydrogen-bond acceptors (Lipinski definition) is 4. The highest BCUT2D eigenvalue weighted by Crippen LogP contribution is 2.27. The molecular formula is C22H32N2O4. The van der Waals surface area contributed by atoms with E-state index < -0.39 is 0 Å². The van der Waals surface area contributed by atoms with Crippen molar-refractivity contribution in [1.82, 2.24) is 10.2 Å². The molecule has 6 nitrogen and oxygen atoms in total. The van der Waals surface area contributed by atoms with Crippen LogP contribution in [0.15, 0.2) is 18.2 Å². The lowest BCUT2D eigenvalue weighted by Crippen LogP contribution is -2.44. The smallest absolute Gasteiger partial charge is 0.410 e. The minimum atomic E-state index is -0.225. The minimum absolute atomic E-state index is 0.0276. The van der Waals surface area contributed by atoms with E-state index in [4.69, 9.17) is 4.74 Å². The Balaban J connectivity index is 1.40. The first kappa shape index (κ1) is 20.5. The van der Waals surface area contributed by atoms with Gasteiger partial charge >= 0.3 is 6.09 Å². The van der Waals surface area contributed by atoms with Gasteiger partial charge < -0.3 is 20.1 Å². The van der Waals surface area contributed by atoms with Gasteiger partial charge in [-0.1, -0.05) is 25.5 Å². The Kier molecular flexibility index (Phi) is 6.81. The van der Waals surface area contributed by atoms with E-state index in [1.54, 1.807) is 11.0 Å². The molecule has 2 aliphatic rings. The number of hydrogen-bond donors (Lipinski definition) is 2. The van der Waals surface area contributed by atoms with E-state index in [0.717, 1.165) is 30.4 Å². The Morgan fingerprint density at radius 2 is 1.96 bits per heavy atom. The number of carbonyl (C=O) groups excluding carboxylic acids is 2. The van der Waals surface area contributed by atoms with Crippen molar-refractivity contribution in [1.29, 1.82) is 0 Å². The van der Waals surface area contributed by atoms with Gasteiger partial charge in [-0.05, 0) is 62.1 Å². The molecule has 0 spiro atoms. The summed E-state index contributed by atoms with van der Waals surface area (Å²) in [4.78, 5) is 26.6. The number of aromatic hydroxyl groups is 1. The van der Waals surface area contributed by atoms with Gasteiger partial charge in [0.25, 0.3) is 0 Å². The molecule has 0 radical (unpaired) electrons. The standard InChI is InChI=1S/C22H32N2O4/c1-15-4-3-5-19(12-15)28-22(27)24-10-8-18(9-11-24)21(26)23-14-17-6-7-20(25)16(2)13-17/h6-7,13,15,18-19,25H,3-5,8-12,14H2,1-2H3,(H,23,26)/t15?,19-/m1/s1. The van der Waals surface area contributed by atoms with E-state index in [2.05, 4.69) is 12.2 Å². The molecule has 28 heavy (non-hydrogen) atoms. The van der Waals surface area contributed by atoms with Gasteiger partial charge in [0.05, 0.1) is 0 Å². The van der Waals surface area contributed by atoms with Crippen molar-refractivity contribution < 1.29 is 19.4 Å². The Morgan fingerprint density at radius 1 is 1.21 bits per heavy atom. The maximum Gasteiger partial charge on any atom is 0.410 e. The zero-order chi connectivity index (χ0) is 20.1. The Morgan fingerprint density at radius 3 is 2.64 bits per heavy atom. The number of phenolic OH excluding ortho intramolecular Hbond substituents is 1. The number of nitrogens with zero attached hydrogens (tertiary/aromatic N) is 1. The van der Waals surface area contributed by atoms with E-state index >= 15 is 0 Å². The third-order valence-corrected chi connectivity index (χ3v) is 6.01. The molecule has 0 bridgehead atoms. The molecule has 154 valence electrons. The number of amides is 2. The Labute approximate surface area is 167 Å². The number of phenols is 1. The van der Waals surface area contributed by atoms with Crippen LogP contribution in [0.5, 0.6) is 5.75 Å². The first-order chi connectivity index (χ1) is 13.4. The van der Waals surface area contributed by atoms with Crippen LogP contribution in [0.1, 0.15) is 56.6 Å². The average molecular weight is 389 g/mol. The van der Waals surface area contributed by atoms with Crippen molar-refractivity contribution in [3.05, 3.63) is 29.3 Å². The predicted octanol–water partition coefficient (Wildman–Crippen LogP) is 3.74. The number of piperidine rings is 1. The second-order valence-electron chi connectivity index (χ2n) is 8.38. The van der Waals surface area contributed by atoms with E-state index in [-0.39, 0.29) is 29.8 Å². The predicted molar refractivity (Wildman–Crippen MR) is 107 cm³/mol. The van der Waals surface area contributed by atoms with Crippen molar-refractivity contribution in [2.75, 3.05) is 13.1 Å². The minimum Gasteiger partial charge on any atom is -0.508 e. The zero-order valence-corrected chi connectivity index (χ0v) is 16.9. The monoisotopic (exact) mass is 388 g/mol. The summed E-state index contributed by atoms with van der Waals surface area (Å²) >= 11 is 0. The van der Waals surface area contributed by atoms with Crippen LogP contribution in [0.3, 0.4) is 0 Å². The molecule has 2 atom stereocenters. The third kappa shape index (κ3) is 5.40. The molecule has 1 heterocycles. The fraction of sp³-hybridized carbons (Fsp3) is 0.636. The molecule has 1 aliphatic carbocycles. The largest absolute Gasteiger partial charge is 0.508 e. The van der Waals surface area contributed by atoms with E-state index in [1.807, 2.05) is 19.1 Å². The summed E-state index contributed by atoms with van der Waals surface area (Å²) in [6.45, 7) is 5.63. The van der Waals surface area contributed by atoms with E-state index in [0.29, 0.717) is 38.4 Å². The molecule has 1 aromatic rings. The average Bonchev–Trinajstić information content (AvgIpc) is 2.69. The highest BCUT2D eigenvalue weighted by molar-refractivity contribution is 5.79. The fourth-order valence-corrected chi connectivity index (χ4v) is 4.19. The second kappa shape index (κ2) is 9.30. The summed E-state index contributed by atoms with van der Waals surface area (Å²) in [7, 11) is 0. The first-order valence-corrected chi connectivity index (χ1v) is 10.4. The molecule has 1 aromatic carbocycles. The van der Waals surface area contributed by atoms with Crippen LogP contribution >= 0.6 is 0 Å². The summed E-state index contributed by atoms with van der Waals surface area (Å²) in [6, 6.07) is 5.33. The summed E-state index contributed by atoms with van der Waals surface area (Å²) < 4.78 is 5.69. The lowest BCUT2D eigenvalue weighted by molar-refractivity contribution is -0.126. The summed E-state index contributed by atoms with van der Waals surface area (Å²) in [5.74, 6) is 0.840. The zero-order valence-electron chi connectivity index (χ0n) is 16.9. The SMILES string of the molecule is Cc1cc(CNC(=O)C2CCN(C(=O)O[C@@H]3CCCC(C)C3)CC2)ccc1O. The fourth-order valence-electron chi connectivity index (χ4n) is 4.19. The van der Waals surface area contributed by atoms with Crippen molar-refractivity contribution in [3.8, 4) is 5.75 Å². The molecule has 0 aromatic heterocycles. The number of aryl methyl sites for hydroxylation is 1. The molecule has 6 heteroatoms. The summed E-state index contributed by atoms with van der Waals surface area (Å²) in [5, 5.41) is 12.6. The second-order valence-corrected chi connectivity index (χ2v) is 8.38. The van der Waals surface area contributed by atoms with Crippen LogP contribution in [-0.4, -0.2) is 41.2 Å². The first-order valence-electron chi connectivity index (χ1n) is 10.4. The highest BCUT2D eigenvalue weighted by atomic mass is 16.6. The van der Waals surface area contributed by atoms with E-state index in [1.165, 1.54) is 6.42 Å². The van der Waals surface area contributed by atoms with Crippen LogP contribution < -0.4 is 5.32 Å². The van der Waals surface area contributed by atoms with Crippen molar-refractivity contribution in [2.45, 2.75) is 65.0 Å². The van der Waals surface area contributed by atoms with Crippen molar-refractivity contribution in [2.24, 2.45) is 11.8 Å². The lowest BCUT2D eigenvalue weighted by atomic mass is 9.89. The number of benzene rings is 1. The number of ether oxygens (including phenoxy) is 1. The molecular weight excluding hydrogens is 356 g/mol. The van der Waals surface area contributed by atoms with Gasteiger partial charge in [0.1, 0.15) is 11.9 Å². The van der Waals surface area contributed by atoms with Gasteiger partial charge in [-0.2, -0.15) is 0 Å². The van der Waals surface area contributed by atoms with Gasteiger partial charge in [0, 0.05) is 25.6 Å². The summed E-state index contributed by atoms with van der Waals surface area (Å²) in [5.41, 5.74) is 1.76. The van der Waals surface area contributed by atoms with Crippen LogP contribution in [-0.2, 0) is 16.1 Å². The number of carbonyl (C=O) groups is 2. The molecule has 1 saturated carbocycles.